The number of carboxylic acid groups (broad SMARTS) is 2. The van der Waals surface area contributed by atoms with E-state index < -0.39 is 16.9 Å². The molecule has 0 saturated carbocycles. The van der Waals surface area contributed by atoms with Gasteiger partial charge >= 0.3 is 11.9 Å². The van der Waals surface area contributed by atoms with E-state index in [0.29, 0.717) is 0 Å². The van der Waals surface area contributed by atoms with Gasteiger partial charge in [0.2, 0.25) is 0 Å². The highest BCUT2D eigenvalue weighted by Crippen LogP contribution is 1.99. The summed E-state index contributed by atoms with van der Waals surface area (Å²) in [5, 5.41) is 24.7. The van der Waals surface area contributed by atoms with Crippen LogP contribution in [0.4, 0.5) is 0 Å². The van der Waals surface area contributed by atoms with Gasteiger partial charge in [0.15, 0.2) is 5.82 Å². The molecule has 0 aliphatic heterocycles. The normalized spacial score (nSPS) is 8.07. The molecule has 0 radical (unpaired) electrons. The van der Waals surface area contributed by atoms with Crippen LogP contribution in [-0.4, -0.2) is 27.1 Å². The number of rotatable bonds is 2. The first-order valence-corrected chi connectivity index (χ1v) is 3.58. The summed E-state index contributed by atoms with van der Waals surface area (Å²) in [6, 6.07) is 0. The van der Waals surface area contributed by atoms with Gasteiger partial charge in [-0.15, -0.1) is 0 Å². The number of aliphatic carboxylic acids is 2. The molecule has 0 spiro atoms. The van der Waals surface area contributed by atoms with Gasteiger partial charge in [-0.3, -0.25) is 10.1 Å². The maximum atomic E-state index is 9.96. The predicted molar refractivity (Wildman–Crippen MR) is 48.0 cm³/mol. The molecule has 0 saturated heterocycles. The van der Waals surface area contributed by atoms with Crippen LogP contribution in [0, 0.1) is 10.1 Å². The lowest BCUT2D eigenvalue weighted by Gasteiger charge is -1.93. The second-order valence-corrected chi connectivity index (χ2v) is 2.12. The van der Waals surface area contributed by atoms with E-state index in [9.17, 15) is 10.1 Å². The molecule has 0 aliphatic rings. The Kier molecular flexibility index (Phi) is 7.20. The summed E-state index contributed by atoms with van der Waals surface area (Å²) in [5.41, 5.74) is 9.81. The topological polar surface area (TPSA) is 170 Å². The summed E-state index contributed by atoms with van der Waals surface area (Å²) in [6.45, 7) is 1.62. The second kappa shape index (κ2) is 7.12. The summed E-state index contributed by atoms with van der Waals surface area (Å²) in [4.78, 5) is 27.6. The lowest BCUT2D eigenvalue weighted by atomic mass is 10.3. The van der Waals surface area contributed by atoms with Gasteiger partial charge < -0.3 is 21.7 Å². The Bertz CT molecular complexity index is 281. The van der Waals surface area contributed by atoms with Crippen LogP contribution >= 0.6 is 0 Å². The lowest BCUT2D eigenvalue weighted by Crippen LogP contribution is -2.16. The minimum absolute atomic E-state index is 0.116. The fraction of sp³-hybridized carbons (Fsp3) is 0.333. The Hall–Kier alpha value is -2.32. The van der Waals surface area contributed by atoms with Crippen molar-refractivity contribution in [2.75, 3.05) is 0 Å². The quantitative estimate of drug-likeness (QED) is 0.259. The molecule has 0 aliphatic carbocycles. The van der Waals surface area contributed by atoms with Crippen LogP contribution in [0.25, 0.3) is 0 Å². The molecule has 6 N–H and O–H groups in total. The number of nitro groups is 1. The van der Waals surface area contributed by atoms with Gasteiger partial charge in [0.05, 0.1) is 4.92 Å². The fourth-order valence-corrected chi connectivity index (χ4v) is 0.439. The van der Waals surface area contributed by atoms with Crippen LogP contribution in [0.3, 0.4) is 0 Å². The van der Waals surface area contributed by atoms with E-state index >= 15 is 0 Å². The van der Waals surface area contributed by atoms with E-state index in [-0.39, 0.29) is 17.9 Å². The molecule has 0 amide bonds. The molecule has 9 nitrogen and oxygen atoms in total. The fourth-order valence-electron chi connectivity index (χ4n) is 0.439. The first-order valence-electron chi connectivity index (χ1n) is 3.58. The van der Waals surface area contributed by atoms with Crippen molar-refractivity contribution in [2.45, 2.75) is 13.3 Å². The number of carbonyl (C=O) groups is 2. The van der Waals surface area contributed by atoms with E-state index in [2.05, 4.69) is 0 Å². The molecule has 0 aromatic rings. The third-order valence-electron chi connectivity index (χ3n) is 1.07. The van der Waals surface area contributed by atoms with Crippen LogP contribution in [-0.2, 0) is 9.59 Å². The summed E-state index contributed by atoms with van der Waals surface area (Å²) in [5.74, 6) is -3.85. The zero-order valence-corrected chi connectivity index (χ0v) is 7.84. The number of nitrogens with zero attached hydrogens (tertiary/aromatic N) is 1. The highest BCUT2D eigenvalue weighted by molar-refractivity contribution is 6.27. The van der Waals surface area contributed by atoms with Crippen molar-refractivity contribution in [3.05, 3.63) is 21.6 Å². The summed E-state index contributed by atoms with van der Waals surface area (Å²) >= 11 is 0. The molecular weight excluding hydrogens is 210 g/mol. The highest BCUT2D eigenvalue weighted by atomic mass is 16.6. The van der Waals surface area contributed by atoms with Crippen molar-refractivity contribution in [1.29, 1.82) is 0 Å². The molecule has 0 fully saturated rings. The van der Waals surface area contributed by atoms with Gasteiger partial charge in [-0.25, -0.2) is 9.59 Å². The average Bonchev–Trinajstić information content (AvgIpc) is 2.04. The summed E-state index contributed by atoms with van der Waals surface area (Å²) < 4.78 is 0. The number of allylic oxidation sites excluding steroid dienone is 1. The molecular formula is C6H11N3O6. The minimum Gasteiger partial charge on any atom is -0.473 e. The van der Waals surface area contributed by atoms with Crippen molar-refractivity contribution in [1.82, 2.24) is 0 Å². The zero-order chi connectivity index (χ0) is 12.6. The largest absolute Gasteiger partial charge is 0.473 e. The number of hydrogen-bond donors (Lipinski definition) is 4. The van der Waals surface area contributed by atoms with E-state index in [0.717, 1.165) is 0 Å². The summed E-state index contributed by atoms with van der Waals surface area (Å²) in [6.07, 6.45) is 0.259. The van der Waals surface area contributed by atoms with Crippen molar-refractivity contribution >= 4 is 11.9 Å². The molecule has 0 atom stereocenters. The van der Waals surface area contributed by atoms with Crippen LogP contribution < -0.4 is 11.5 Å². The van der Waals surface area contributed by atoms with Crippen LogP contribution in [0.2, 0.25) is 0 Å². The van der Waals surface area contributed by atoms with E-state index in [1.807, 2.05) is 0 Å². The first-order chi connectivity index (χ1) is 6.73. The monoisotopic (exact) mass is 221 g/mol. The van der Waals surface area contributed by atoms with Crippen molar-refractivity contribution in [2.24, 2.45) is 11.5 Å². The molecule has 0 bridgehead atoms. The van der Waals surface area contributed by atoms with Crippen molar-refractivity contribution in [3.63, 3.8) is 0 Å². The predicted octanol–water partition coefficient (Wildman–Crippen LogP) is -1.08. The van der Waals surface area contributed by atoms with Gasteiger partial charge in [-0.2, -0.15) is 0 Å². The molecule has 0 rings (SSSR count). The first kappa shape index (κ1) is 15.2. The van der Waals surface area contributed by atoms with Crippen LogP contribution in [0.15, 0.2) is 11.5 Å². The van der Waals surface area contributed by atoms with Gasteiger partial charge in [0, 0.05) is 6.42 Å². The Labute approximate surface area is 84.1 Å². The Morgan fingerprint density at radius 1 is 1.27 bits per heavy atom. The molecule has 9 heteroatoms. The number of nitrogens with two attached hydrogens (primary N) is 2. The van der Waals surface area contributed by atoms with E-state index in [1.165, 1.54) is 0 Å². The SMILES string of the molecule is CCC(=C(N)N)[N+](=O)[O-].O=C(O)C(=O)O. The highest BCUT2D eigenvalue weighted by Gasteiger charge is 2.09. The van der Waals surface area contributed by atoms with Crippen LogP contribution in [0.1, 0.15) is 13.3 Å². The van der Waals surface area contributed by atoms with Crippen LogP contribution in [0.5, 0.6) is 0 Å². The van der Waals surface area contributed by atoms with Crippen molar-refractivity contribution in [3.8, 4) is 0 Å². The van der Waals surface area contributed by atoms with Crippen molar-refractivity contribution < 1.29 is 24.7 Å². The molecule has 0 unspecified atom stereocenters. The molecule has 15 heavy (non-hydrogen) atoms. The van der Waals surface area contributed by atoms with Gasteiger partial charge in [-0.1, -0.05) is 6.92 Å². The van der Waals surface area contributed by atoms with Gasteiger partial charge in [0.1, 0.15) is 0 Å². The smallest absolute Gasteiger partial charge is 0.414 e. The Morgan fingerprint density at radius 2 is 1.60 bits per heavy atom. The number of hydrogen-bond acceptors (Lipinski definition) is 6. The standard InChI is InChI=1S/C4H9N3O2.C2H2O4/c1-2-3(4(5)6)7(8)9;3-1(4)2(5)6/h2,5-6H2,1H3;(H,3,4)(H,5,6). The summed E-state index contributed by atoms with van der Waals surface area (Å²) in [7, 11) is 0. The zero-order valence-electron chi connectivity index (χ0n) is 7.84. The Balaban J connectivity index is 0. The van der Waals surface area contributed by atoms with E-state index in [1.54, 1.807) is 6.92 Å². The molecule has 86 valence electrons. The third-order valence-corrected chi connectivity index (χ3v) is 1.07. The molecule has 0 aromatic heterocycles. The maximum absolute atomic E-state index is 9.96. The Morgan fingerprint density at radius 3 is 1.60 bits per heavy atom. The van der Waals surface area contributed by atoms with Gasteiger partial charge in [-0.05, 0) is 0 Å². The average molecular weight is 221 g/mol. The van der Waals surface area contributed by atoms with E-state index in [4.69, 9.17) is 31.3 Å². The number of carboxylic acids is 2. The second-order valence-electron chi connectivity index (χ2n) is 2.12. The van der Waals surface area contributed by atoms with Gasteiger partial charge in [0.25, 0.3) is 5.70 Å². The maximum Gasteiger partial charge on any atom is 0.414 e. The third kappa shape index (κ3) is 8.02. The molecule has 0 heterocycles. The minimum atomic E-state index is -1.82. The molecule has 0 aromatic carbocycles. The lowest BCUT2D eigenvalue weighted by molar-refractivity contribution is -0.428.